The Morgan fingerprint density at radius 3 is 2.36 bits per heavy atom. The fraction of sp³-hybridized carbons (Fsp3) is 0.188. The lowest BCUT2D eigenvalue weighted by Crippen LogP contribution is -2.26. The summed E-state index contributed by atoms with van der Waals surface area (Å²) in [6.45, 7) is 0.484. The molecule has 2 rings (SSSR count). The average Bonchev–Trinajstić information content (AvgIpc) is 2.60. The van der Waals surface area contributed by atoms with E-state index in [-0.39, 0.29) is 10.8 Å². The number of benzene rings is 2. The molecule has 0 fully saturated rings. The van der Waals surface area contributed by atoms with Crippen LogP contribution in [0, 0.1) is 0 Å². The van der Waals surface area contributed by atoms with E-state index in [1.807, 2.05) is 29.2 Å². The summed E-state index contributed by atoms with van der Waals surface area (Å²) < 4.78 is 23.5. The van der Waals surface area contributed by atoms with Crippen molar-refractivity contribution in [3.8, 4) is 0 Å². The number of carbonyl (C=O) groups is 1. The molecule has 1 amide bonds. The van der Waals surface area contributed by atoms with Crippen molar-refractivity contribution in [3.63, 3.8) is 0 Å². The monoisotopic (exact) mass is 400 g/mol. The second kappa shape index (κ2) is 9.21. The largest absolute Gasteiger partial charge is 0.351 e. The molecule has 0 saturated carbocycles. The summed E-state index contributed by atoms with van der Waals surface area (Å²) in [5.41, 5.74) is 0.382. The van der Waals surface area contributed by atoms with Crippen LogP contribution in [-0.2, 0) is 14.9 Å². The molecule has 0 radical (unpaired) electrons. The van der Waals surface area contributed by atoms with E-state index in [1.54, 1.807) is 11.8 Å². The first-order chi connectivity index (χ1) is 11.9. The molecule has 6 nitrogen and oxygen atoms in total. The summed E-state index contributed by atoms with van der Waals surface area (Å²) in [6.07, 6.45) is 0. The van der Waals surface area contributed by atoms with Crippen LogP contribution in [0.15, 0.2) is 58.3 Å². The van der Waals surface area contributed by atoms with Crippen molar-refractivity contribution < 1.29 is 18.0 Å². The predicted molar refractivity (Wildman–Crippen MR) is 98.3 cm³/mol. The summed E-state index contributed by atoms with van der Waals surface area (Å²) in [6, 6.07) is 13.1. The van der Waals surface area contributed by atoms with Gasteiger partial charge in [-0.25, -0.2) is 8.42 Å². The molecule has 0 spiro atoms. The Labute approximate surface area is 155 Å². The Bertz CT molecular complexity index is 809. The first kappa shape index (κ1) is 19.7. The first-order valence-electron chi connectivity index (χ1n) is 7.24. The fourth-order valence-corrected chi connectivity index (χ4v) is 3.61. The van der Waals surface area contributed by atoms with Crippen molar-refractivity contribution in [3.05, 3.63) is 59.1 Å². The number of hydrogen-bond donors (Lipinski definition) is 2. The summed E-state index contributed by atoms with van der Waals surface area (Å²) in [4.78, 5) is 19.5. The number of hydrogen-bond acceptors (Lipinski definition) is 5. The molecule has 0 saturated heterocycles. The number of thioether (sulfide) groups is 1. The van der Waals surface area contributed by atoms with Gasteiger partial charge in [0, 0.05) is 27.8 Å². The summed E-state index contributed by atoms with van der Waals surface area (Å²) in [7, 11) is -2.51. The number of amides is 1. The molecular formula is C16H17ClN2O4S2. The van der Waals surface area contributed by atoms with E-state index in [4.69, 9.17) is 11.6 Å². The van der Waals surface area contributed by atoms with Gasteiger partial charge in [-0.2, -0.15) is 0 Å². The Hall–Kier alpha value is -1.58. The Morgan fingerprint density at radius 2 is 1.76 bits per heavy atom. The van der Waals surface area contributed by atoms with Crippen LogP contribution in [0.2, 0.25) is 5.02 Å². The van der Waals surface area contributed by atoms with Crippen LogP contribution in [-0.4, -0.2) is 33.7 Å². The zero-order valence-electron chi connectivity index (χ0n) is 13.4. The van der Waals surface area contributed by atoms with Gasteiger partial charge in [0.05, 0.1) is 12.0 Å². The third-order valence-corrected chi connectivity index (χ3v) is 5.63. The van der Waals surface area contributed by atoms with Crippen LogP contribution < -0.4 is 10.2 Å². The summed E-state index contributed by atoms with van der Waals surface area (Å²) in [5.74, 6) is 0.442. The molecule has 0 aromatic heterocycles. The number of carbonyl (C=O) groups excluding carboxylic acids is 1. The van der Waals surface area contributed by atoms with Gasteiger partial charge >= 0.3 is 0 Å². The highest BCUT2D eigenvalue weighted by Gasteiger charge is 2.14. The topological polar surface area (TPSA) is 84.5 Å². The fourth-order valence-electron chi connectivity index (χ4n) is 1.91. The Morgan fingerprint density at radius 1 is 1.12 bits per heavy atom. The van der Waals surface area contributed by atoms with E-state index < -0.39 is 10.0 Å². The van der Waals surface area contributed by atoms with Gasteiger partial charge in [-0.05, 0) is 48.5 Å². The maximum atomic E-state index is 12.1. The van der Waals surface area contributed by atoms with E-state index in [0.717, 1.165) is 4.90 Å². The van der Waals surface area contributed by atoms with Crippen LogP contribution in [0.3, 0.4) is 0 Å². The van der Waals surface area contributed by atoms with Crippen molar-refractivity contribution in [1.29, 1.82) is 0 Å². The molecule has 134 valence electrons. The quantitative estimate of drug-likeness (QED) is 0.404. The average molecular weight is 401 g/mol. The lowest BCUT2D eigenvalue weighted by Gasteiger charge is -2.07. The predicted octanol–water partition coefficient (Wildman–Crippen LogP) is 2.70. The number of nitrogens with one attached hydrogen (secondary N) is 2. The van der Waals surface area contributed by atoms with Gasteiger partial charge in [0.25, 0.3) is 15.9 Å². The number of halogens is 1. The highest BCUT2D eigenvalue weighted by atomic mass is 35.5. The second-order valence-corrected chi connectivity index (χ2v) is 8.12. The van der Waals surface area contributed by atoms with Gasteiger partial charge < -0.3 is 5.32 Å². The molecule has 0 aliphatic rings. The number of sulfonamides is 1. The molecule has 2 aromatic carbocycles. The van der Waals surface area contributed by atoms with Crippen molar-refractivity contribution in [1.82, 2.24) is 10.2 Å². The van der Waals surface area contributed by atoms with E-state index in [1.165, 1.54) is 31.4 Å². The highest BCUT2D eigenvalue weighted by Crippen LogP contribution is 2.19. The van der Waals surface area contributed by atoms with Crippen molar-refractivity contribution >= 4 is 39.3 Å². The van der Waals surface area contributed by atoms with E-state index in [9.17, 15) is 13.2 Å². The van der Waals surface area contributed by atoms with Crippen LogP contribution >= 0.6 is 23.4 Å². The maximum absolute atomic E-state index is 12.1. The SMILES string of the molecule is CONS(=O)(=O)c1ccc(C(=O)NCCSc2ccc(Cl)cc2)cc1. The molecule has 9 heteroatoms. The minimum Gasteiger partial charge on any atom is -0.351 e. The smallest absolute Gasteiger partial charge is 0.262 e. The normalized spacial score (nSPS) is 11.3. The van der Waals surface area contributed by atoms with Gasteiger partial charge in [0.1, 0.15) is 0 Å². The minimum atomic E-state index is -3.72. The number of rotatable bonds is 8. The lowest BCUT2D eigenvalue weighted by atomic mass is 10.2. The van der Waals surface area contributed by atoms with Crippen LogP contribution in [0.1, 0.15) is 10.4 Å². The van der Waals surface area contributed by atoms with Crippen molar-refractivity contribution in [2.75, 3.05) is 19.4 Å². The molecule has 0 atom stereocenters. The molecule has 0 unspecified atom stereocenters. The zero-order valence-corrected chi connectivity index (χ0v) is 15.7. The van der Waals surface area contributed by atoms with E-state index >= 15 is 0 Å². The van der Waals surface area contributed by atoms with Gasteiger partial charge in [0.2, 0.25) is 0 Å². The van der Waals surface area contributed by atoms with E-state index in [0.29, 0.717) is 22.9 Å². The third kappa shape index (κ3) is 6.02. The first-order valence-corrected chi connectivity index (χ1v) is 10.1. The van der Waals surface area contributed by atoms with Crippen molar-refractivity contribution in [2.24, 2.45) is 0 Å². The van der Waals surface area contributed by atoms with Gasteiger partial charge in [-0.1, -0.05) is 16.5 Å². The standard InChI is InChI=1S/C16H17ClN2O4S2/c1-23-19-25(21,22)15-8-2-12(3-9-15)16(20)18-10-11-24-14-6-4-13(17)5-7-14/h2-9,19H,10-11H2,1H3,(H,18,20). The molecule has 0 bridgehead atoms. The highest BCUT2D eigenvalue weighted by molar-refractivity contribution is 7.99. The van der Waals surface area contributed by atoms with Crippen LogP contribution in [0.25, 0.3) is 0 Å². The minimum absolute atomic E-state index is 0.0178. The summed E-state index contributed by atoms with van der Waals surface area (Å²) in [5, 5.41) is 3.47. The van der Waals surface area contributed by atoms with Crippen molar-refractivity contribution in [2.45, 2.75) is 9.79 Å². The Kier molecular flexibility index (Phi) is 7.27. The van der Waals surface area contributed by atoms with Crippen LogP contribution in [0.4, 0.5) is 0 Å². The maximum Gasteiger partial charge on any atom is 0.262 e. The molecule has 25 heavy (non-hydrogen) atoms. The molecular weight excluding hydrogens is 384 g/mol. The molecule has 0 aliphatic carbocycles. The van der Waals surface area contributed by atoms with Gasteiger partial charge in [-0.3, -0.25) is 9.63 Å². The van der Waals surface area contributed by atoms with E-state index in [2.05, 4.69) is 10.2 Å². The third-order valence-electron chi connectivity index (χ3n) is 3.09. The lowest BCUT2D eigenvalue weighted by molar-refractivity contribution is 0.0956. The second-order valence-electron chi connectivity index (χ2n) is 4.87. The van der Waals surface area contributed by atoms with Gasteiger partial charge in [0.15, 0.2) is 0 Å². The molecule has 2 aromatic rings. The molecule has 0 aliphatic heterocycles. The van der Waals surface area contributed by atoms with Crippen LogP contribution in [0.5, 0.6) is 0 Å². The van der Waals surface area contributed by atoms with Gasteiger partial charge in [-0.15, -0.1) is 11.8 Å². The zero-order chi connectivity index (χ0) is 18.3. The molecule has 0 heterocycles. The molecule has 2 N–H and O–H groups in total. The summed E-state index contributed by atoms with van der Waals surface area (Å²) >= 11 is 7.43. The Balaban J connectivity index is 1.83.